The third kappa shape index (κ3) is 3.62. The largest absolute Gasteiger partial charge is 0.276 e. The first-order valence-corrected chi connectivity index (χ1v) is 14.6. The molecule has 0 N–H and O–H groups in total. The molecule has 0 saturated heterocycles. The highest BCUT2D eigenvalue weighted by molar-refractivity contribution is 6.23. The van der Waals surface area contributed by atoms with E-state index in [9.17, 15) is 0 Å². The second-order valence-corrected chi connectivity index (χ2v) is 11.0. The van der Waals surface area contributed by atoms with E-state index < -0.39 is 0 Å². The Bertz CT molecular complexity index is 2450. The fourth-order valence-electron chi connectivity index (χ4n) is 6.80. The lowest BCUT2D eigenvalue weighted by molar-refractivity contribution is 1.14. The van der Waals surface area contributed by atoms with Crippen molar-refractivity contribution >= 4 is 49.1 Å². The zero-order valence-electron chi connectivity index (χ0n) is 23.3. The summed E-state index contributed by atoms with van der Waals surface area (Å²) in [5.41, 5.74) is 9.10. The summed E-state index contributed by atoms with van der Waals surface area (Å²) in [6.45, 7) is 0. The lowest BCUT2D eigenvalue weighted by Crippen LogP contribution is -1.94. The Morgan fingerprint density at radius 3 is 1.84 bits per heavy atom. The molecule has 9 rings (SSSR count). The molecule has 0 atom stereocenters. The first-order valence-electron chi connectivity index (χ1n) is 14.6. The zero-order chi connectivity index (χ0) is 28.3. The average molecular weight is 548 g/mol. The first kappa shape index (κ1) is 23.9. The molecule has 7 aromatic carbocycles. The molecular formula is C40H25N3. The zero-order valence-corrected chi connectivity index (χ0v) is 23.3. The molecule has 2 aromatic heterocycles. The van der Waals surface area contributed by atoms with Gasteiger partial charge in [0.05, 0.1) is 16.7 Å². The van der Waals surface area contributed by atoms with E-state index in [0.717, 1.165) is 27.9 Å². The lowest BCUT2D eigenvalue weighted by atomic mass is 9.84. The van der Waals surface area contributed by atoms with Crippen molar-refractivity contribution in [3.05, 3.63) is 152 Å². The summed E-state index contributed by atoms with van der Waals surface area (Å²) in [4.78, 5) is 9.63. The van der Waals surface area contributed by atoms with Crippen molar-refractivity contribution in [1.29, 1.82) is 0 Å². The van der Waals surface area contributed by atoms with Gasteiger partial charge in [0, 0.05) is 6.20 Å². The molecule has 0 aliphatic rings. The van der Waals surface area contributed by atoms with Gasteiger partial charge in [0.1, 0.15) is 0 Å². The lowest BCUT2D eigenvalue weighted by Gasteiger charge is -2.18. The topological polar surface area (TPSA) is 30.2 Å². The maximum absolute atomic E-state index is 5.00. The minimum absolute atomic E-state index is 0.703. The van der Waals surface area contributed by atoms with Crippen LogP contribution in [-0.4, -0.2) is 14.4 Å². The van der Waals surface area contributed by atoms with Gasteiger partial charge in [-0.2, -0.15) is 0 Å². The summed E-state index contributed by atoms with van der Waals surface area (Å²) >= 11 is 0. The average Bonchev–Trinajstić information content (AvgIpc) is 3.45. The van der Waals surface area contributed by atoms with Crippen LogP contribution in [0, 0.1) is 0 Å². The number of imidazole rings is 1. The summed E-state index contributed by atoms with van der Waals surface area (Å²) in [5, 5.41) is 7.47. The maximum Gasteiger partial charge on any atom is 0.235 e. The van der Waals surface area contributed by atoms with Crippen LogP contribution in [0.15, 0.2) is 152 Å². The van der Waals surface area contributed by atoms with Gasteiger partial charge in [-0.05, 0) is 78.3 Å². The third-order valence-corrected chi connectivity index (χ3v) is 8.65. The van der Waals surface area contributed by atoms with Crippen LogP contribution in [0.5, 0.6) is 0 Å². The number of fused-ring (bicyclic) bond motifs is 6. The second-order valence-electron chi connectivity index (χ2n) is 11.0. The Hall–Kier alpha value is -5.80. The Morgan fingerprint density at radius 1 is 0.465 bits per heavy atom. The van der Waals surface area contributed by atoms with Crippen LogP contribution in [-0.2, 0) is 0 Å². The summed E-state index contributed by atoms with van der Waals surface area (Å²) in [6, 6.07) is 52.1. The predicted molar refractivity (Wildman–Crippen MR) is 179 cm³/mol. The molecule has 0 saturated carbocycles. The molecule has 0 fully saturated rings. The van der Waals surface area contributed by atoms with Gasteiger partial charge >= 0.3 is 0 Å². The van der Waals surface area contributed by atoms with Crippen molar-refractivity contribution in [2.75, 3.05) is 0 Å². The SMILES string of the molecule is c1ccc(-c2ccnc3nc4cc(-c5c6ccccc6c(-c6cccc7ccccc67)c6ccccc56)ccc4n23)cc1. The molecule has 0 aliphatic carbocycles. The van der Waals surface area contributed by atoms with Gasteiger partial charge in [0.15, 0.2) is 0 Å². The van der Waals surface area contributed by atoms with Crippen LogP contribution in [0.2, 0.25) is 0 Å². The number of nitrogens with zero attached hydrogens (tertiary/aromatic N) is 3. The van der Waals surface area contributed by atoms with Crippen molar-refractivity contribution < 1.29 is 0 Å². The van der Waals surface area contributed by atoms with E-state index in [1.165, 1.54) is 49.0 Å². The van der Waals surface area contributed by atoms with E-state index in [-0.39, 0.29) is 0 Å². The van der Waals surface area contributed by atoms with Gasteiger partial charge in [-0.15, -0.1) is 0 Å². The van der Waals surface area contributed by atoms with Crippen molar-refractivity contribution in [1.82, 2.24) is 14.4 Å². The van der Waals surface area contributed by atoms with Crippen LogP contribution in [0.1, 0.15) is 0 Å². The molecule has 3 heteroatoms. The Morgan fingerprint density at radius 2 is 1.09 bits per heavy atom. The Kier molecular flexibility index (Phi) is 5.20. The Labute approximate surface area is 248 Å². The monoisotopic (exact) mass is 547 g/mol. The molecule has 200 valence electrons. The normalized spacial score (nSPS) is 11.7. The molecule has 0 bridgehead atoms. The molecule has 0 radical (unpaired) electrons. The van der Waals surface area contributed by atoms with Crippen molar-refractivity contribution in [3.63, 3.8) is 0 Å². The van der Waals surface area contributed by atoms with Crippen molar-refractivity contribution in [3.8, 4) is 33.5 Å². The first-order chi connectivity index (χ1) is 21.3. The van der Waals surface area contributed by atoms with Gasteiger partial charge < -0.3 is 0 Å². The van der Waals surface area contributed by atoms with E-state index in [0.29, 0.717) is 5.78 Å². The van der Waals surface area contributed by atoms with Crippen molar-refractivity contribution in [2.45, 2.75) is 0 Å². The molecule has 0 amide bonds. The highest BCUT2D eigenvalue weighted by atomic mass is 15.1. The number of hydrogen-bond donors (Lipinski definition) is 0. The number of hydrogen-bond acceptors (Lipinski definition) is 2. The molecule has 0 spiro atoms. The smallest absolute Gasteiger partial charge is 0.235 e. The molecule has 9 aromatic rings. The van der Waals surface area contributed by atoms with Crippen LogP contribution >= 0.6 is 0 Å². The summed E-state index contributed by atoms with van der Waals surface area (Å²) in [5.74, 6) is 0.703. The quantitative estimate of drug-likeness (QED) is 0.206. The minimum atomic E-state index is 0.703. The highest BCUT2D eigenvalue weighted by Crippen LogP contribution is 2.45. The summed E-state index contributed by atoms with van der Waals surface area (Å²) < 4.78 is 2.16. The number of benzene rings is 7. The molecule has 3 nitrogen and oxygen atoms in total. The van der Waals surface area contributed by atoms with E-state index in [1.807, 2.05) is 12.3 Å². The maximum atomic E-state index is 5.00. The van der Waals surface area contributed by atoms with E-state index >= 15 is 0 Å². The van der Waals surface area contributed by atoms with Crippen LogP contribution in [0.4, 0.5) is 0 Å². The minimum Gasteiger partial charge on any atom is -0.276 e. The number of rotatable bonds is 3. The number of aromatic nitrogens is 3. The predicted octanol–water partition coefficient (Wildman–Crippen LogP) is 10.3. The van der Waals surface area contributed by atoms with Crippen molar-refractivity contribution in [2.24, 2.45) is 0 Å². The van der Waals surface area contributed by atoms with Crippen LogP contribution < -0.4 is 0 Å². The van der Waals surface area contributed by atoms with Crippen LogP contribution in [0.25, 0.3) is 82.6 Å². The molecule has 43 heavy (non-hydrogen) atoms. The Balaban J connectivity index is 1.34. The van der Waals surface area contributed by atoms with E-state index in [4.69, 9.17) is 4.98 Å². The standard InChI is InChI=1S/C40H25N3/c1-2-12-27(13-3-1)36-23-24-41-40-42-35-25-28(21-22-37(35)43(36)40)38-31-16-6-8-18-33(31)39(34-19-9-7-17-32(34)38)30-20-10-14-26-11-4-5-15-29(26)30/h1-25H. The molecule has 0 unspecified atom stereocenters. The van der Waals surface area contributed by atoms with Gasteiger partial charge in [-0.3, -0.25) is 4.40 Å². The van der Waals surface area contributed by atoms with Gasteiger partial charge in [0.25, 0.3) is 0 Å². The molecule has 0 aliphatic heterocycles. The summed E-state index contributed by atoms with van der Waals surface area (Å²) in [6.07, 6.45) is 1.84. The van der Waals surface area contributed by atoms with Gasteiger partial charge in [0.2, 0.25) is 5.78 Å². The van der Waals surface area contributed by atoms with E-state index in [2.05, 4.69) is 149 Å². The second kappa shape index (κ2) is 9.37. The third-order valence-electron chi connectivity index (χ3n) is 8.65. The van der Waals surface area contributed by atoms with Gasteiger partial charge in [-0.1, -0.05) is 127 Å². The highest BCUT2D eigenvalue weighted by Gasteiger charge is 2.19. The van der Waals surface area contributed by atoms with Crippen LogP contribution in [0.3, 0.4) is 0 Å². The molecular weight excluding hydrogens is 522 g/mol. The fourth-order valence-corrected chi connectivity index (χ4v) is 6.80. The summed E-state index contributed by atoms with van der Waals surface area (Å²) in [7, 11) is 0. The van der Waals surface area contributed by atoms with Gasteiger partial charge in [-0.25, -0.2) is 9.97 Å². The fraction of sp³-hybridized carbons (Fsp3) is 0. The van der Waals surface area contributed by atoms with E-state index in [1.54, 1.807) is 0 Å². The molecule has 2 heterocycles.